The van der Waals surface area contributed by atoms with Crippen molar-refractivity contribution in [3.05, 3.63) is 29.8 Å². The summed E-state index contributed by atoms with van der Waals surface area (Å²) in [6, 6.07) is 9.07. The number of hydrogen-bond acceptors (Lipinski definition) is 1. The average molecular weight is 177 g/mol. The molecule has 0 atom stereocenters. The summed E-state index contributed by atoms with van der Waals surface area (Å²) in [4.78, 5) is 0. The van der Waals surface area contributed by atoms with Crippen LogP contribution in [0.15, 0.2) is 18.2 Å². The summed E-state index contributed by atoms with van der Waals surface area (Å²) in [5.41, 5.74) is 1.02. The van der Waals surface area contributed by atoms with E-state index in [1.807, 2.05) is 18.2 Å². The summed E-state index contributed by atoms with van der Waals surface area (Å²) in [5.74, 6) is 0.956. The second-order valence-corrected chi connectivity index (χ2v) is 4.08. The van der Waals surface area contributed by atoms with Crippen LogP contribution >= 0.6 is 0 Å². The highest BCUT2D eigenvalue weighted by Gasteiger charge is 2.13. The second kappa shape index (κ2) is 3.82. The predicted molar refractivity (Wildman–Crippen MR) is 55.0 cm³/mol. The normalized spacial score (nSPS) is 11.4. The molecular formula is C12H17O. The fourth-order valence-corrected chi connectivity index (χ4v) is 1.16. The molecule has 1 radical (unpaired) electrons. The Labute approximate surface area is 80.7 Å². The molecule has 71 valence electrons. The predicted octanol–water partition coefficient (Wildman–Crippen LogP) is 3.23. The summed E-state index contributed by atoms with van der Waals surface area (Å²) in [7, 11) is 0. The molecule has 0 saturated carbocycles. The van der Waals surface area contributed by atoms with Crippen molar-refractivity contribution >= 4 is 0 Å². The van der Waals surface area contributed by atoms with E-state index in [0.29, 0.717) is 0 Å². The van der Waals surface area contributed by atoms with E-state index in [1.54, 1.807) is 0 Å². The maximum absolute atomic E-state index is 5.79. The van der Waals surface area contributed by atoms with Crippen LogP contribution in [0.5, 0.6) is 5.75 Å². The van der Waals surface area contributed by atoms with Crippen molar-refractivity contribution in [3.8, 4) is 5.75 Å². The molecular weight excluding hydrogens is 160 g/mol. The minimum absolute atomic E-state index is 0.126. The average Bonchev–Trinajstić information content (AvgIpc) is 2.02. The van der Waals surface area contributed by atoms with Crippen molar-refractivity contribution < 1.29 is 4.74 Å². The second-order valence-electron chi connectivity index (χ2n) is 4.08. The minimum Gasteiger partial charge on any atom is -0.488 e. The zero-order valence-electron chi connectivity index (χ0n) is 8.85. The van der Waals surface area contributed by atoms with E-state index in [4.69, 9.17) is 4.74 Å². The van der Waals surface area contributed by atoms with Gasteiger partial charge in [0.2, 0.25) is 0 Å². The summed E-state index contributed by atoms with van der Waals surface area (Å²) in [5, 5.41) is 0. The lowest BCUT2D eigenvalue weighted by atomic mass is 10.1. The van der Waals surface area contributed by atoms with E-state index < -0.39 is 0 Å². The largest absolute Gasteiger partial charge is 0.488 e. The van der Waals surface area contributed by atoms with Crippen LogP contribution in [-0.4, -0.2) is 5.60 Å². The summed E-state index contributed by atoms with van der Waals surface area (Å²) in [6.45, 7) is 8.28. The summed E-state index contributed by atoms with van der Waals surface area (Å²) >= 11 is 0. The molecule has 0 fully saturated rings. The minimum atomic E-state index is -0.126. The fourth-order valence-electron chi connectivity index (χ4n) is 1.16. The smallest absolute Gasteiger partial charge is 0.123 e. The van der Waals surface area contributed by atoms with Gasteiger partial charge in [0.1, 0.15) is 11.4 Å². The molecule has 0 aliphatic carbocycles. The van der Waals surface area contributed by atoms with Crippen molar-refractivity contribution in [1.82, 2.24) is 0 Å². The molecule has 0 spiro atoms. The first-order valence-corrected chi connectivity index (χ1v) is 4.71. The Balaban J connectivity index is 2.87. The SMILES string of the molecule is CCc1[c]cccc1OC(C)(C)C. The van der Waals surface area contributed by atoms with E-state index >= 15 is 0 Å². The van der Waals surface area contributed by atoms with Crippen molar-refractivity contribution in [2.45, 2.75) is 39.7 Å². The van der Waals surface area contributed by atoms with Gasteiger partial charge in [-0.3, -0.25) is 0 Å². The molecule has 1 rings (SSSR count). The molecule has 0 bridgehead atoms. The number of rotatable bonds is 2. The van der Waals surface area contributed by atoms with Gasteiger partial charge in [-0.1, -0.05) is 19.1 Å². The lowest BCUT2D eigenvalue weighted by molar-refractivity contribution is 0.129. The van der Waals surface area contributed by atoms with E-state index in [2.05, 4.69) is 33.8 Å². The maximum Gasteiger partial charge on any atom is 0.123 e. The van der Waals surface area contributed by atoms with Gasteiger partial charge in [-0.15, -0.1) is 0 Å². The van der Waals surface area contributed by atoms with Gasteiger partial charge < -0.3 is 4.74 Å². The third-order valence-electron chi connectivity index (χ3n) is 1.67. The first kappa shape index (κ1) is 10.1. The molecule has 1 nitrogen and oxygen atoms in total. The van der Waals surface area contributed by atoms with Gasteiger partial charge in [-0.25, -0.2) is 0 Å². The van der Waals surface area contributed by atoms with Gasteiger partial charge >= 0.3 is 0 Å². The van der Waals surface area contributed by atoms with Crippen LogP contribution in [0.3, 0.4) is 0 Å². The molecule has 0 heterocycles. The van der Waals surface area contributed by atoms with Crippen LogP contribution in [0.1, 0.15) is 33.3 Å². The summed E-state index contributed by atoms with van der Waals surface area (Å²) < 4.78 is 5.79. The number of hydrogen-bond donors (Lipinski definition) is 0. The molecule has 0 aromatic heterocycles. The molecule has 1 heteroatoms. The highest BCUT2D eigenvalue weighted by Crippen LogP contribution is 2.22. The zero-order chi connectivity index (χ0) is 9.90. The van der Waals surface area contributed by atoms with E-state index in [1.165, 1.54) is 0 Å². The van der Waals surface area contributed by atoms with Crippen molar-refractivity contribution in [2.75, 3.05) is 0 Å². The highest BCUT2D eigenvalue weighted by molar-refractivity contribution is 5.32. The molecule has 13 heavy (non-hydrogen) atoms. The van der Waals surface area contributed by atoms with Crippen LogP contribution in [-0.2, 0) is 6.42 Å². The van der Waals surface area contributed by atoms with Crippen LogP contribution in [0, 0.1) is 6.07 Å². The Morgan fingerprint density at radius 1 is 1.38 bits per heavy atom. The zero-order valence-corrected chi connectivity index (χ0v) is 8.85. The first-order chi connectivity index (χ1) is 6.03. The van der Waals surface area contributed by atoms with Gasteiger partial charge in [0.15, 0.2) is 0 Å². The quantitative estimate of drug-likeness (QED) is 0.674. The van der Waals surface area contributed by atoms with Crippen molar-refractivity contribution in [1.29, 1.82) is 0 Å². The summed E-state index contributed by atoms with van der Waals surface area (Å²) in [6.07, 6.45) is 0.965. The van der Waals surface area contributed by atoms with Crippen LogP contribution in [0.2, 0.25) is 0 Å². The third kappa shape index (κ3) is 3.10. The Morgan fingerprint density at radius 2 is 2.08 bits per heavy atom. The van der Waals surface area contributed by atoms with Crippen LogP contribution in [0.4, 0.5) is 0 Å². The Hall–Kier alpha value is -0.980. The van der Waals surface area contributed by atoms with Crippen molar-refractivity contribution in [3.63, 3.8) is 0 Å². The molecule has 0 unspecified atom stereocenters. The van der Waals surface area contributed by atoms with E-state index in [9.17, 15) is 0 Å². The van der Waals surface area contributed by atoms with Crippen LogP contribution < -0.4 is 4.74 Å². The molecule has 0 amide bonds. The lowest BCUT2D eigenvalue weighted by Crippen LogP contribution is -2.23. The Bertz CT molecular complexity index is 271. The molecule has 0 N–H and O–H groups in total. The van der Waals surface area contributed by atoms with Gasteiger partial charge in [0.05, 0.1) is 0 Å². The molecule has 0 aliphatic rings. The van der Waals surface area contributed by atoms with Crippen LogP contribution in [0.25, 0.3) is 0 Å². The molecule has 0 aliphatic heterocycles. The maximum atomic E-state index is 5.79. The van der Waals surface area contributed by atoms with E-state index in [0.717, 1.165) is 17.7 Å². The van der Waals surface area contributed by atoms with Gasteiger partial charge in [0.25, 0.3) is 0 Å². The van der Waals surface area contributed by atoms with E-state index in [-0.39, 0.29) is 5.60 Å². The van der Waals surface area contributed by atoms with Gasteiger partial charge in [0, 0.05) is 5.56 Å². The first-order valence-electron chi connectivity index (χ1n) is 4.71. The van der Waals surface area contributed by atoms with Gasteiger partial charge in [-0.2, -0.15) is 0 Å². The third-order valence-corrected chi connectivity index (χ3v) is 1.67. The number of aryl methyl sites for hydroxylation is 1. The highest BCUT2D eigenvalue weighted by atomic mass is 16.5. The molecule has 1 aromatic rings. The monoisotopic (exact) mass is 177 g/mol. The topological polar surface area (TPSA) is 9.23 Å². The standard InChI is InChI=1S/C12H17O/c1-5-10-8-6-7-9-11(10)13-12(2,3)4/h6-7,9H,5H2,1-4H3. The number of ether oxygens (including phenoxy) is 1. The van der Waals surface area contributed by atoms with Crippen molar-refractivity contribution in [2.24, 2.45) is 0 Å². The lowest BCUT2D eigenvalue weighted by Gasteiger charge is -2.22. The Kier molecular flexibility index (Phi) is 2.97. The molecule has 0 saturated heterocycles. The number of benzene rings is 1. The molecule has 1 aromatic carbocycles. The Morgan fingerprint density at radius 3 is 2.62 bits per heavy atom. The fraction of sp³-hybridized carbons (Fsp3) is 0.500. The van der Waals surface area contributed by atoms with Gasteiger partial charge in [-0.05, 0) is 39.3 Å².